The van der Waals surface area contributed by atoms with E-state index < -0.39 is 15.7 Å². The summed E-state index contributed by atoms with van der Waals surface area (Å²) in [5.74, 6) is -1.06. The van der Waals surface area contributed by atoms with Gasteiger partial charge in [0.15, 0.2) is 9.84 Å². The molecule has 8 nitrogen and oxygen atoms in total. The van der Waals surface area contributed by atoms with Gasteiger partial charge in [-0.2, -0.15) is 0 Å². The number of sulfone groups is 1. The summed E-state index contributed by atoms with van der Waals surface area (Å²) in [5.41, 5.74) is 0.389. The summed E-state index contributed by atoms with van der Waals surface area (Å²) in [6, 6.07) is 14.7. The SMILES string of the molecule is O=C(CCS(=O)(=O)c1ccccc1)Nc1nnc(CCNC(=O)c2ccccc2Cl)s1. The minimum absolute atomic E-state index is 0.180. The van der Waals surface area contributed by atoms with Gasteiger partial charge in [-0.25, -0.2) is 8.42 Å². The number of carbonyl (C=O) groups excluding carboxylic acids is 2. The highest BCUT2D eigenvalue weighted by Crippen LogP contribution is 2.17. The van der Waals surface area contributed by atoms with Gasteiger partial charge in [0.25, 0.3) is 5.91 Å². The maximum atomic E-state index is 12.2. The van der Waals surface area contributed by atoms with Gasteiger partial charge in [0.05, 0.1) is 21.2 Å². The van der Waals surface area contributed by atoms with Crippen LogP contribution in [0.1, 0.15) is 21.8 Å². The molecule has 0 bridgehead atoms. The van der Waals surface area contributed by atoms with Crippen LogP contribution < -0.4 is 10.6 Å². The number of carbonyl (C=O) groups is 2. The lowest BCUT2D eigenvalue weighted by Crippen LogP contribution is -2.25. The number of halogens is 1. The molecule has 0 aliphatic carbocycles. The zero-order chi connectivity index (χ0) is 22.3. The van der Waals surface area contributed by atoms with Crippen LogP contribution in [0.5, 0.6) is 0 Å². The van der Waals surface area contributed by atoms with Gasteiger partial charge in [-0.15, -0.1) is 10.2 Å². The van der Waals surface area contributed by atoms with E-state index in [0.29, 0.717) is 28.6 Å². The number of amides is 2. The largest absolute Gasteiger partial charge is 0.352 e. The molecule has 1 aromatic heterocycles. The van der Waals surface area contributed by atoms with Crippen LogP contribution >= 0.6 is 22.9 Å². The molecule has 0 spiro atoms. The number of benzene rings is 2. The van der Waals surface area contributed by atoms with E-state index in [9.17, 15) is 18.0 Å². The van der Waals surface area contributed by atoms with Crippen molar-refractivity contribution in [3.05, 3.63) is 70.2 Å². The molecule has 0 aliphatic rings. The first-order valence-corrected chi connectivity index (χ1v) is 12.1. The third kappa shape index (κ3) is 6.58. The van der Waals surface area contributed by atoms with Crippen molar-refractivity contribution in [1.29, 1.82) is 0 Å². The number of rotatable bonds is 9. The van der Waals surface area contributed by atoms with E-state index in [1.165, 1.54) is 12.1 Å². The molecule has 0 fully saturated rings. The summed E-state index contributed by atoms with van der Waals surface area (Å²) < 4.78 is 24.5. The maximum Gasteiger partial charge on any atom is 0.252 e. The molecule has 2 amide bonds. The summed E-state index contributed by atoms with van der Waals surface area (Å²) in [5, 5.41) is 14.4. The van der Waals surface area contributed by atoms with E-state index in [-0.39, 0.29) is 28.1 Å². The second-order valence-corrected chi connectivity index (χ2v) is 10.00. The van der Waals surface area contributed by atoms with Crippen LogP contribution in [0.3, 0.4) is 0 Å². The Bertz CT molecular complexity index is 1170. The number of anilines is 1. The van der Waals surface area contributed by atoms with Gasteiger partial charge in [0.2, 0.25) is 11.0 Å². The molecule has 31 heavy (non-hydrogen) atoms. The van der Waals surface area contributed by atoms with Crippen molar-refractivity contribution in [2.45, 2.75) is 17.7 Å². The molecule has 11 heteroatoms. The molecular formula is C20H19ClN4O4S2. The minimum Gasteiger partial charge on any atom is -0.352 e. The Morgan fingerprint density at radius 2 is 1.71 bits per heavy atom. The van der Waals surface area contributed by atoms with Crippen molar-refractivity contribution >= 4 is 49.7 Å². The molecular weight excluding hydrogens is 460 g/mol. The van der Waals surface area contributed by atoms with Crippen LogP contribution in [0.2, 0.25) is 5.02 Å². The van der Waals surface area contributed by atoms with Crippen LogP contribution in [0, 0.1) is 0 Å². The highest BCUT2D eigenvalue weighted by molar-refractivity contribution is 7.91. The fourth-order valence-electron chi connectivity index (χ4n) is 2.58. The lowest BCUT2D eigenvalue weighted by molar-refractivity contribution is -0.115. The van der Waals surface area contributed by atoms with Crippen LogP contribution in [-0.2, 0) is 21.1 Å². The zero-order valence-electron chi connectivity index (χ0n) is 16.2. The average molecular weight is 479 g/mol. The molecule has 2 aromatic carbocycles. The van der Waals surface area contributed by atoms with Gasteiger partial charge in [0, 0.05) is 19.4 Å². The van der Waals surface area contributed by atoms with Crippen molar-refractivity contribution in [1.82, 2.24) is 15.5 Å². The first kappa shape index (κ1) is 22.9. The van der Waals surface area contributed by atoms with Crippen molar-refractivity contribution in [3.63, 3.8) is 0 Å². The summed E-state index contributed by atoms with van der Waals surface area (Å²) in [7, 11) is -3.53. The molecule has 1 heterocycles. The van der Waals surface area contributed by atoms with Gasteiger partial charge in [-0.1, -0.05) is 53.3 Å². The number of nitrogens with one attached hydrogen (secondary N) is 2. The van der Waals surface area contributed by atoms with Crippen LogP contribution in [0.15, 0.2) is 59.5 Å². The summed E-state index contributed by atoms with van der Waals surface area (Å²) >= 11 is 7.16. The molecule has 0 aliphatic heterocycles. The van der Waals surface area contributed by atoms with Gasteiger partial charge in [-0.3, -0.25) is 9.59 Å². The highest BCUT2D eigenvalue weighted by atomic mass is 35.5. The molecule has 3 rings (SSSR count). The third-order valence-electron chi connectivity index (χ3n) is 4.16. The molecule has 2 N–H and O–H groups in total. The number of hydrogen-bond donors (Lipinski definition) is 2. The van der Waals surface area contributed by atoms with Crippen LogP contribution in [-0.4, -0.2) is 42.7 Å². The Morgan fingerprint density at radius 3 is 2.45 bits per heavy atom. The number of hydrogen-bond acceptors (Lipinski definition) is 7. The van der Waals surface area contributed by atoms with E-state index >= 15 is 0 Å². The smallest absolute Gasteiger partial charge is 0.252 e. The Morgan fingerprint density at radius 1 is 1.00 bits per heavy atom. The summed E-state index contributed by atoms with van der Waals surface area (Å²) in [4.78, 5) is 24.4. The monoisotopic (exact) mass is 478 g/mol. The standard InChI is InChI=1S/C20H19ClN4O4S2/c21-16-9-5-4-8-15(16)19(27)22-12-10-18-24-25-20(30-18)23-17(26)11-13-31(28,29)14-6-2-1-3-7-14/h1-9H,10-13H2,(H,22,27)(H,23,25,26). The van der Waals surface area contributed by atoms with Crippen molar-refractivity contribution in [2.24, 2.45) is 0 Å². The van der Waals surface area contributed by atoms with Gasteiger partial charge in [-0.05, 0) is 24.3 Å². The molecule has 162 valence electrons. The van der Waals surface area contributed by atoms with Crippen LogP contribution in [0.25, 0.3) is 0 Å². The van der Waals surface area contributed by atoms with E-state index in [2.05, 4.69) is 20.8 Å². The van der Waals surface area contributed by atoms with Crippen molar-refractivity contribution < 1.29 is 18.0 Å². The lowest BCUT2D eigenvalue weighted by atomic mass is 10.2. The second kappa shape index (κ2) is 10.5. The Hall–Kier alpha value is -2.82. The first-order valence-electron chi connectivity index (χ1n) is 9.28. The predicted octanol–water partition coefficient (Wildman–Crippen LogP) is 2.97. The lowest BCUT2D eigenvalue weighted by Gasteiger charge is -2.05. The zero-order valence-corrected chi connectivity index (χ0v) is 18.6. The Labute approximate surface area is 188 Å². The second-order valence-electron chi connectivity index (χ2n) is 6.42. The van der Waals surface area contributed by atoms with Crippen molar-refractivity contribution in [3.8, 4) is 0 Å². The van der Waals surface area contributed by atoms with E-state index in [0.717, 1.165) is 11.3 Å². The summed E-state index contributed by atoms with van der Waals surface area (Å²) in [6.07, 6.45) is 0.228. The van der Waals surface area contributed by atoms with Gasteiger partial charge in [0.1, 0.15) is 5.01 Å². The van der Waals surface area contributed by atoms with E-state index in [1.807, 2.05) is 0 Å². The van der Waals surface area contributed by atoms with Crippen LogP contribution in [0.4, 0.5) is 5.13 Å². The normalized spacial score (nSPS) is 11.1. The first-order chi connectivity index (χ1) is 14.8. The molecule has 0 unspecified atom stereocenters. The molecule has 0 atom stereocenters. The Kier molecular flexibility index (Phi) is 7.72. The van der Waals surface area contributed by atoms with Crippen molar-refractivity contribution in [2.75, 3.05) is 17.6 Å². The minimum atomic E-state index is -3.53. The fraction of sp³-hybridized carbons (Fsp3) is 0.200. The predicted molar refractivity (Wildman–Crippen MR) is 119 cm³/mol. The van der Waals surface area contributed by atoms with Gasteiger partial charge < -0.3 is 10.6 Å². The summed E-state index contributed by atoms with van der Waals surface area (Å²) in [6.45, 7) is 0.321. The highest BCUT2D eigenvalue weighted by Gasteiger charge is 2.17. The Balaban J connectivity index is 1.45. The molecule has 0 saturated carbocycles. The molecule has 0 radical (unpaired) electrons. The third-order valence-corrected chi connectivity index (χ3v) is 7.12. The van der Waals surface area contributed by atoms with E-state index in [1.54, 1.807) is 42.5 Å². The topological polar surface area (TPSA) is 118 Å². The van der Waals surface area contributed by atoms with Gasteiger partial charge >= 0.3 is 0 Å². The molecule has 3 aromatic rings. The van der Waals surface area contributed by atoms with E-state index in [4.69, 9.17) is 11.6 Å². The quantitative estimate of drug-likeness (QED) is 0.488. The fourth-order valence-corrected chi connectivity index (χ4v) is 4.82. The molecule has 0 saturated heterocycles. The maximum absolute atomic E-state index is 12.2. The number of aromatic nitrogens is 2. The average Bonchev–Trinajstić information content (AvgIpc) is 3.20. The number of nitrogens with zero attached hydrogens (tertiary/aromatic N) is 2.